The fraction of sp³-hybridized carbons (Fsp3) is 0.324. The van der Waals surface area contributed by atoms with Gasteiger partial charge in [0.05, 0.1) is 10.6 Å². The summed E-state index contributed by atoms with van der Waals surface area (Å²) in [6.45, 7) is 5.78. The SMILES string of the molecule is CS(=O)(=O)c1cccc(CN2CCN(C(=O)c3ccc4oc(C(=O)NC5CCN(Cc6ccc(-n7cccn7)cc6)CC5)cc4c3)CC2)c1. The normalized spacial score (nSPS) is 16.6. The summed E-state index contributed by atoms with van der Waals surface area (Å²) >= 11 is 0. The number of piperidine rings is 1. The molecule has 12 heteroatoms. The van der Waals surface area contributed by atoms with Crippen LogP contribution in [0, 0.1) is 0 Å². The maximum absolute atomic E-state index is 13.4. The van der Waals surface area contributed by atoms with E-state index in [1.807, 2.05) is 27.9 Å². The first-order valence-electron chi connectivity index (χ1n) is 16.6. The van der Waals surface area contributed by atoms with Crippen molar-refractivity contribution in [1.29, 1.82) is 0 Å². The van der Waals surface area contributed by atoms with Crippen molar-refractivity contribution in [3.05, 3.63) is 114 Å². The molecule has 2 fully saturated rings. The van der Waals surface area contributed by atoms with E-state index in [-0.39, 0.29) is 23.6 Å². The Morgan fingerprint density at radius 2 is 1.57 bits per heavy atom. The van der Waals surface area contributed by atoms with E-state index in [0.717, 1.165) is 43.7 Å². The molecule has 5 aromatic rings. The van der Waals surface area contributed by atoms with E-state index in [4.69, 9.17) is 4.42 Å². The van der Waals surface area contributed by atoms with Gasteiger partial charge in [-0.05, 0) is 78.6 Å². The topological polar surface area (TPSA) is 121 Å². The van der Waals surface area contributed by atoms with Crippen LogP contribution >= 0.6 is 0 Å². The molecule has 2 aromatic heterocycles. The van der Waals surface area contributed by atoms with Crippen LogP contribution in [0.3, 0.4) is 0 Å². The van der Waals surface area contributed by atoms with E-state index in [0.29, 0.717) is 54.2 Å². The van der Waals surface area contributed by atoms with Crippen LogP contribution in [0.5, 0.6) is 0 Å². The average molecular weight is 681 g/mol. The molecule has 2 saturated heterocycles. The minimum absolute atomic E-state index is 0.0616. The Morgan fingerprint density at radius 3 is 2.29 bits per heavy atom. The van der Waals surface area contributed by atoms with Crippen molar-refractivity contribution >= 4 is 32.6 Å². The minimum atomic E-state index is -3.26. The molecule has 1 N–H and O–H groups in total. The fourth-order valence-corrected chi connectivity index (χ4v) is 7.33. The standard InChI is InChI=1S/C37H40N6O5S/c1-49(46,47)33-5-2-4-28(22-33)26-41-18-20-42(21-19-41)37(45)29-8-11-34-30(23-29)24-35(48-34)36(44)39-31-12-16-40(17-13-31)25-27-6-9-32(10-7-27)43-15-3-14-38-43/h2-11,14-15,22-24,31H,12-13,16-21,25-26H2,1H3,(H,39,44). The molecular weight excluding hydrogens is 641 g/mol. The molecule has 0 atom stereocenters. The minimum Gasteiger partial charge on any atom is -0.451 e. The van der Waals surface area contributed by atoms with Gasteiger partial charge in [0.15, 0.2) is 15.6 Å². The Balaban J connectivity index is 0.889. The number of amides is 2. The van der Waals surface area contributed by atoms with Gasteiger partial charge in [-0.1, -0.05) is 24.3 Å². The highest BCUT2D eigenvalue weighted by Crippen LogP contribution is 2.24. The third-order valence-corrected chi connectivity index (χ3v) is 10.5. The van der Waals surface area contributed by atoms with Crippen molar-refractivity contribution in [2.45, 2.75) is 36.9 Å². The number of carbonyl (C=O) groups excluding carboxylic acids is 2. The predicted molar refractivity (Wildman–Crippen MR) is 186 cm³/mol. The average Bonchev–Trinajstić information content (AvgIpc) is 3.80. The quantitative estimate of drug-likeness (QED) is 0.244. The summed E-state index contributed by atoms with van der Waals surface area (Å²) in [4.78, 5) is 33.3. The zero-order valence-corrected chi connectivity index (χ0v) is 28.3. The monoisotopic (exact) mass is 680 g/mol. The van der Waals surface area contributed by atoms with E-state index >= 15 is 0 Å². The molecule has 0 bridgehead atoms. The molecule has 2 aliphatic rings. The van der Waals surface area contributed by atoms with Gasteiger partial charge >= 0.3 is 0 Å². The lowest BCUT2D eigenvalue weighted by molar-refractivity contribution is 0.0628. The lowest BCUT2D eigenvalue weighted by Crippen LogP contribution is -2.48. The molecule has 0 saturated carbocycles. The Bertz CT molecular complexity index is 2040. The number of carbonyl (C=O) groups is 2. The Morgan fingerprint density at radius 1 is 0.837 bits per heavy atom. The summed E-state index contributed by atoms with van der Waals surface area (Å²) in [5, 5.41) is 8.14. The van der Waals surface area contributed by atoms with Gasteiger partial charge in [-0.15, -0.1) is 0 Å². The Labute approximate surface area is 286 Å². The number of benzene rings is 3. The van der Waals surface area contributed by atoms with Gasteiger partial charge in [-0.2, -0.15) is 5.10 Å². The maximum Gasteiger partial charge on any atom is 0.287 e. The highest BCUT2D eigenvalue weighted by atomic mass is 32.2. The largest absolute Gasteiger partial charge is 0.451 e. The molecule has 0 radical (unpaired) electrons. The summed E-state index contributed by atoms with van der Waals surface area (Å²) in [5.41, 5.74) is 4.33. The highest BCUT2D eigenvalue weighted by Gasteiger charge is 2.25. The number of sulfone groups is 1. The van der Waals surface area contributed by atoms with E-state index in [1.165, 1.54) is 11.8 Å². The fourth-order valence-electron chi connectivity index (χ4n) is 6.64. The van der Waals surface area contributed by atoms with Crippen molar-refractivity contribution in [2.75, 3.05) is 45.5 Å². The van der Waals surface area contributed by atoms with Crippen molar-refractivity contribution in [3.8, 4) is 5.69 Å². The highest BCUT2D eigenvalue weighted by molar-refractivity contribution is 7.90. The lowest BCUT2D eigenvalue weighted by Gasteiger charge is -2.34. The number of piperazine rings is 1. The lowest BCUT2D eigenvalue weighted by atomic mass is 10.0. The van der Waals surface area contributed by atoms with Crippen LogP contribution < -0.4 is 5.32 Å². The van der Waals surface area contributed by atoms with Crippen LogP contribution in [0.4, 0.5) is 0 Å². The summed E-state index contributed by atoms with van der Waals surface area (Å²) in [5.74, 6) is -0.0591. The molecule has 2 aliphatic heterocycles. The van der Waals surface area contributed by atoms with Gasteiger partial charge in [0.2, 0.25) is 0 Å². The smallest absolute Gasteiger partial charge is 0.287 e. The molecule has 0 aliphatic carbocycles. The number of likely N-dealkylation sites (tertiary alicyclic amines) is 1. The van der Waals surface area contributed by atoms with Gasteiger partial charge in [0.25, 0.3) is 11.8 Å². The predicted octanol–water partition coefficient (Wildman–Crippen LogP) is 4.37. The van der Waals surface area contributed by atoms with E-state index in [9.17, 15) is 18.0 Å². The molecule has 4 heterocycles. The van der Waals surface area contributed by atoms with Crippen molar-refractivity contribution < 1.29 is 22.4 Å². The Kier molecular flexibility index (Phi) is 9.35. The number of fused-ring (bicyclic) bond motifs is 1. The molecule has 254 valence electrons. The van der Waals surface area contributed by atoms with Crippen LogP contribution in [0.15, 0.2) is 101 Å². The van der Waals surface area contributed by atoms with Crippen LogP contribution in [0.25, 0.3) is 16.7 Å². The summed E-state index contributed by atoms with van der Waals surface area (Å²) < 4.78 is 31.6. The van der Waals surface area contributed by atoms with Gasteiger partial charge < -0.3 is 14.6 Å². The van der Waals surface area contributed by atoms with Gasteiger partial charge in [-0.3, -0.25) is 19.4 Å². The second-order valence-electron chi connectivity index (χ2n) is 13.0. The number of aromatic nitrogens is 2. The van der Waals surface area contributed by atoms with Crippen LogP contribution in [0.1, 0.15) is 44.9 Å². The van der Waals surface area contributed by atoms with E-state index < -0.39 is 9.84 Å². The van der Waals surface area contributed by atoms with E-state index in [1.54, 1.807) is 48.7 Å². The van der Waals surface area contributed by atoms with Crippen LogP contribution in [-0.4, -0.2) is 96.3 Å². The van der Waals surface area contributed by atoms with Crippen molar-refractivity contribution in [3.63, 3.8) is 0 Å². The van der Waals surface area contributed by atoms with E-state index in [2.05, 4.69) is 44.5 Å². The third kappa shape index (κ3) is 7.77. The Hall–Kier alpha value is -4.78. The first-order valence-corrected chi connectivity index (χ1v) is 18.5. The maximum atomic E-state index is 13.4. The van der Waals surface area contributed by atoms with Gasteiger partial charge in [0, 0.05) is 88.0 Å². The molecule has 7 rings (SSSR count). The number of hydrogen-bond donors (Lipinski definition) is 1. The molecular formula is C37H40N6O5S. The molecule has 49 heavy (non-hydrogen) atoms. The summed E-state index contributed by atoms with van der Waals surface area (Å²) in [6, 6.07) is 24.4. The second-order valence-corrected chi connectivity index (χ2v) is 15.0. The van der Waals surface area contributed by atoms with Crippen molar-refractivity contribution in [2.24, 2.45) is 0 Å². The molecule has 11 nitrogen and oxygen atoms in total. The first-order chi connectivity index (χ1) is 23.7. The number of nitrogens with zero attached hydrogens (tertiary/aromatic N) is 5. The molecule has 3 aromatic carbocycles. The molecule has 0 spiro atoms. The van der Waals surface area contributed by atoms with Crippen molar-refractivity contribution in [1.82, 2.24) is 29.8 Å². The second kappa shape index (κ2) is 14.0. The first kappa shape index (κ1) is 32.8. The van der Waals surface area contributed by atoms with Crippen LogP contribution in [-0.2, 0) is 22.9 Å². The summed E-state index contributed by atoms with van der Waals surface area (Å²) in [7, 11) is -3.26. The summed E-state index contributed by atoms with van der Waals surface area (Å²) in [6.07, 6.45) is 6.63. The number of nitrogens with one attached hydrogen (secondary N) is 1. The number of furan rings is 1. The van der Waals surface area contributed by atoms with Gasteiger partial charge in [0.1, 0.15) is 5.58 Å². The number of hydrogen-bond acceptors (Lipinski definition) is 8. The zero-order valence-electron chi connectivity index (χ0n) is 27.5. The number of rotatable bonds is 9. The molecule has 0 unspecified atom stereocenters. The zero-order chi connectivity index (χ0) is 34.0. The third-order valence-electron chi connectivity index (χ3n) is 9.41. The van der Waals surface area contributed by atoms with Gasteiger partial charge in [-0.25, -0.2) is 13.1 Å². The molecule has 2 amide bonds. The van der Waals surface area contributed by atoms with Crippen LogP contribution in [0.2, 0.25) is 0 Å².